The Morgan fingerprint density at radius 3 is 2.00 bits per heavy atom. The molecule has 0 bridgehead atoms. The first-order valence-electron chi connectivity index (χ1n) is 9.59. The number of methoxy groups -OCH3 is 1. The maximum Gasteiger partial charge on any atom is 1.00 e. The molecule has 148 valence electrons. The molecule has 0 amide bonds. The minimum atomic E-state index is -0.172. The summed E-state index contributed by atoms with van der Waals surface area (Å²) in [7, 11) is 3.74. The summed E-state index contributed by atoms with van der Waals surface area (Å²) >= 11 is 0. The zero-order chi connectivity index (χ0) is 20.4. The topological polar surface area (TPSA) is 35.5 Å². The summed E-state index contributed by atoms with van der Waals surface area (Å²) in [6, 6.07) is 12.2. The molecule has 0 spiro atoms. The molecule has 4 heteroatoms. The molecular weight excluding hydrogens is 341 g/mol. The summed E-state index contributed by atoms with van der Waals surface area (Å²) in [5.41, 5.74) is 3.93. The standard InChI is InChI=1S/C24H35NO2.Li/c1-23(2,3)19-13-18(22(26)20(14-19)24(4,5)6)16-25(7)15-17-11-9-10-12-21(17)27-8;/h9-14,26H,15-16H2,1-8H3;/q;+1/p-1. The smallest absolute Gasteiger partial charge is 0.872 e. The average Bonchev–Trinajstić information content (AvgIpc) is 2.55. The van der Waals surface area contributed by atoms with Crippen molar-refractivity contribution in [1.29, 1.82) is 0 Å². The van der Waals surface area contributed by atoms with Crippen LogP contribution in [0.1, 0.15) is 63.8 Å². The van der Waals surface area contributed by atoms with Crippen molar-refractivity contribution in [2.75, 3.05) is 14.2 Å². The summed E-state index contributed by atoms with van der Waals surface area (Å²) < 4.78 is 5.46. The summed E-state index contributed by atoms with van der Waals surface area (Å²) in [4.78, 5) is 2.17. The Kier molecular flexibility index (Phi) is 8.27. The minimum Gasteiger partial charge on any atom is -0.872 e. The zero-order valence-corrected chi connectivity index (χ0v) is 19.1. The molecule has 0 unspecified atom stereocenters. The van der Waals surface area contributed by atoms with Gasteiger partial charge in [0, 0.05) is 18.7 Å². The van der Waals surface area contributed by atoms with E-state index in [1.54, 1.807) is 7.11 Å². The second-order valence-corrected chi connectivity index (χ2v) is 9.50. The van der Waals surface area contributed by atoms with E-state index in [9.17, 15) is 5.11 Å². The van der Waals surface area contributed by atoms with Gasteiger partial charge in [0.2, 0.25) is 0 Å². The van der Waals surface area contributed by atoms with Gasteiger partial charge in [-0.15, -0.1) is 5.75 Å². The van der Waals surface area contributed by atoms with Gasteiger partial charge in [-0.3, -0.25) is 4.90 Å². The van der Waals surface area contributed by atoms with Crippen molar-refractivity contribution in [2.45, 2.75) is 65.5 Å². The predicted molar refractivity (Wildman–Crippen MR) is 111 cm³/mol. The fraction of sp³-hybridized carbons (Fsp3) is 0.500. The minimum absolute atomic E-state index is 0. The predicted octanol–water partition coefficient (Wildman–Crippen LogP) is 2.00. The van der Waals surface area contributed by atoms with Crippen molar-refractivity contribution in [3.05, 3.63) is 58.7 Å². The molecule has 0 radical (unpaired) electrons. The Morgan fingerprint density at radius 1 is 0.893 bits per heavy atom. The third-order valence-corrected chi connectivity index (χ3v) is 4.91. The molecule has 0 aliphatic carbocycles. The summed E-state index contributed by atoms with van der Waals surface area (Å²) in [6.07, 6.45) is 0. The van der Waals surface area contributed by atoms with Crippen LogP contribution in [0.3, 0.4) is 0 Å². The molecule has 0 saturated carbocycles. The molecule has 0 saturated heterocycles. The summed E-state index contributed by atoms with van der Waals surface area (Å²) in [5.74, 6) is 1.05. The van der Waals surface area contributed by atoms with Crippen LogP contribution in [-0.4, -0.2) is 19.1 Å². The molecule has 0 aliphatic heterocycles. The van der Waals surface area contributed by atoms with E-state index in [1.807, 2.05) is 25.2 Å². The van der Waals surface area contributed by atoms with Gasteiger partial charge < -0.3 is 9.84 Å². The van der Waals surface area contributed by atoms with Crippen LogP contribution in [0.5, 0.6) is 11.5 Å². The Hall–Kier alpha value is -1.40. The molecule has 0 aliphatic rings. The van der Waals surface area contributed by atoms with Crippen LogP contribution in [-0.2, 0) is 23.9 Å². The molecule has 0 atom stereocenters. The number of ether oxygens (including phenoxy) is 1. The molecule has 0 N–H and O–H groups in total. The van der Waals surface area contributed by atoms with Gasteiger partial charge in [0.05, 0.1) is 7.11 Å². The van der Waals surface area contributed by atoms with Crippen LogP contribution in [0.25, 0.3) is 0 Å². The van der Waals surface area contributed by atoms with E-state index in [0.717, 1.165) is 29.0 Å². The molecular formula is C24H34LiNO2. The second-order valence-electron chi connectivity index (χ2n) is 9.50. The van der Waals surface area contributed by atoms with Crippen molar-refractivity contribution < 1.29 is 28.7 Å². The maximum atomic E-state index is 13.2. The molecule has 2 rings (SSSR count). The van der Waals surface area contributed by atoms with Crippen LogP contribution in [0.15, 0.2) is 36.4 Å². The molecule has 0 aromatic heterocycles. The largest absolute Gasteiger partial charge is 1.00 e. The number of hydrogen-bond acceptors (Lipinski definition) is 3. The van der Waals surface area contributed by atoms with Gasteiger partial charge in [-0.25, -0.2) is 0 Å². The number of hydrogen-bond donors (Lipinski definition) is 0. The SMILES string of the molecule is COc1ccccc1CN(C)Cc1cc(C(C)(C)C)cc(C(C)(C)C)c1[O-].[Li+]. The quantitative estimate of drug-likeness (QED) is 0.750. The third-order valence-electron chi connectivity index (χ3n) is 4.91. The van der Waals surface area contributed by atoms with E-state index < -0.39 is 0 Å². The normalized spacial score (nSPS) is 12.0. The molecule has 0 fully saturated rings. The van der Waals surface area contributed by atoms with Crippen molar-refractivity contribution in [3.8, 4) is 11.5 Å². The molecule has 0 heterocycles. The van der Waals surface area contributed by atoms with Gasteiger partial charge in [-0.1, -0.05) is 71.9 Å². The number of para-hydroxylation sites is 1. The van der Waals surface area contributed by atoms with E-state index in [2.05, 4.69) is 64.6 Å². The fourth-order valence-corrected chi connectivity index (χ4v) is 3.27. The Bertz CT molecular complexity index is 788. The van der Waals surface area contributed by atoms with Crippen LogP contribution in [0.4, 0.5) is 0 Å². The Balaban J connectivity index is 0.00000392. The fourth-order valence-electron chi connectivity index (χ4n) is 3.27. The van der Waals surface area contributed by atoms with Gasteiger partial charge in [0.25, 0.3) is 0 Å². The molecule has 2 aromatic rings. The van der Waals surface area contributed by atoms with Gasteiger partial charge in [0.1, 0.15) is 5.75 Å². The maximum absolute atomic E-state index is 13.2. The van der Waals surface area contributed by atoms with Crippen LogP contribution < -0.4 is 28.7 Å². The average molecular weight is 375 g/mol. The first-order chi connectivity index (χ1) is 12.4. The van der Waals surface area contributed by atoms with Crippen molar-refractivity contribution in [1.82, 2.24) is 4.90 Å². The summed E-state index contributed by atoms with van der Waals surface area (Å²) in [5, 5.41) is 13.2. The van der Waals surface area contributed by atoms with Crippen molar-refractivity contribution in [3.63, 3.8) is 0 Å². The van der Waals surface area contributed by atoms with Crippen LogP contribution >= 0.6 is 0 Å². The first kappa shape index (κ1) is 24.6. The zero-order valence-electron chi connectivity index (χ0n) is 19.1. The van der Waals surface area contributed by atoms with Crippen molar-refractivity contribution >= 4 is 0 Å². The third kappa shape index (κ3) is 6.05. The monoisotopic (exact) mass is 375 g/mol. The van der Waals surface area contributed by atoms with E-state index in [-0.39, 0.29) is 35.4 Å². The van der Waals surface area contributed by atoms with E-state index >= 15 is 0 Å². The van der Waals surface area contributed by atoms with Gasteiger partial charge in [0.15, 0.2) is 0 Å². The van der Waals surface area contributed by atoms with E-state index in [4.69, 9.17) is 4.74 Å². The van der Waals surface area contributed by atoms with E-state index in [0.29, 0.717) is 6.54 Å². The second kappa shape index (κ2) is 9.40. The molecule has 28 heavy (non-hydrogen) atoms. The number of benzene rings is 2. The Labute approximate surface area is 183 Å². The van der Waals surface area contributed by atoms with Crippen LogP contribution in [0, 0.1) is 0 Å². The number of nitrogens with zero attached hydrogens (tertiary/aromatic N) is 1. The van der Waals surface area contributed by atoms with E-state index in [1.165, 1.54) is 5.56 Å². The van der Waals surface area contributed by atoms with Gasteiger partial charge in [-0.05, 0) is 40.6 Å². The van der Waals surface area contributed by atoms with Crippen LogP contribution in [0.2, 0.25) is 0 Å². The number of rotatable bonds is 5. The van der Waals surface area contributed by atoms with Gasteiger partial charge >= 0.3 is 18.9 Å². The first-order valence-corrected chi connectivity index (χ1v) is 9.59. The van der Waals surface area contributed by atoms with Gasteiger partial charge in [-0.2, -0.15) is 0 Å². The summed E-state index contributed by atoms with van der Waals surface area (Å²) in [6.45, 7) is 14.3. The molecule has 3 nitrogen and oxygen atoms in total. The Morgan fingerprint density at radius 2 is 1.46 bits per heavy atom. The van der Waals surface area contributed by atoms with Crippen molar-refractivity contribution in [2.24, 2.45) is 0 Å². The molecule has 2 aromatic carbocycles.